The molecule has 0 aliphatic carbocycles. The summed E-state index contributed by atoms with van der Waals surface area (Å²) in [5.41, 5.74) is 0.860. The molecule has 0 saturated carbocycles. The van der Waals surface area contributed by atoms with Crippen LogP contribution in [-0.4, -0.2) is 37.5 Å². The van der Waals surface area contributed by atoms with Gasteiger partial charge in [-0.3, -0.25) is 14.4 Å². The average molecular weight is 391 g/mol. The Morgan fingerprint density at radius 2 is 1.81 bits per heavy atom. The second kappa shape index (κ2) is 9.59. The van der Waals surface area contributed by atoms with Gasteiger partial charge in [0.05, 0.1) is 12.1 Å². The maximum atomic E-state index is 12.1. The van der Waals surface area contributed by atoms with Crippen LogP contribution in [0.3, 0.4) is 0 Å². The minimum Gasteiger partial charge on any atom is -0.495 e. The van der Waals surface area contributed by atoms with Crippen LogP contribution in [0.2, 0.25) is 5.02 Å². The quantitative estimate of drug-likeness (QED) is 0.709. The number of esters is 1. The van der Waals surface area contributed by atoms with E-state index in [9.17, 15) is 14.4 Å². The summed E-state index contributed by atoms with van der Waals surface area (Å²) in [5.74, 6) is -1.19. The molecule has 0 unspecified atom stereocenters. The molecule has 7 nitrogen and oxygen atoms in total. The summed E-state index contributed by atoms with van der Waals surface area (Å²) in [6.07, 6.45) is -1.05. The van der Waals surface area contributed by atoms with Gasteiger partial charge in [0.1, 0.15) is 12.3 Å². The molecule has 0 spiro atoms. The molecule has 1 atom stereocenters. The maximum absolute atomic E-state index is 12.1. The molecule has 2 aromatic carbocycles. The van der Waals surface area contributed by atoms with Crippen molar-refractivity contribution in [3.8, 4) is 5.75 Å². The second-order valence-corrected chi connectivity index (χ2v) is 5.93. The van der Waals surface area contributed by atoms with E-state index < -0.39 is 23.9 Å². The lowest BCUT2D eigenvalue weighted by Gasteiger charge is -2.14. The van der Waals surface area contributed by atoms with Gasteiger partial charge >= 0.3 is 5.97 Å². The maximum Gasteiger partial charge on any atom is 0.326 e. The molecule has 2 rings (SSSR count). The van der Waals surface area contributed by atoms with Crippen molar-refractivity contribution in [3.05, 3.63) is 59.1 Å². The number of hydrogen-bond donors (Lipinski definition) is 2. The Morgan fingerprint density at radius 3 is 2.44 bits per heavy atom. The number of halogens is 1. The van der Waals surface area contributed by atoms with E-state index in [1.807, 2.05) is 0 Å². The molecule has 0 heterocycles. The van der Waals surface area contributed by atoms with Gasteiger partial charge in [-0.15, -0.1) is 0 Å². The SMILES string of the molecule is COc1ccc(NC(=O)[C@@H](C)OC(=O)CNC(=O)c2ccccc2)cc1Cl. The third-order valence-corrected chi connectivity index (χ3v) is 3.82. The first kappa shape index (κ1) is 20.3. The smallest absolute Gasteiger partial charge is 0.326 e. The van der Waals surface area contributed by atoms with Crippen LogP contribution in [0.5, 0.6) is 5.75 Å². The van der Waals surface area contributed by atoms with Crippen molar-refractivity contribution in [2.75, 3.05) is 19.0 Å². The van der Waals surface area contributed by atoms with Gasteiger partial charge in [0.15, 0.2) is 6.10 Å². The van der Waals surface area contributed by atoms with Crippen molar-refractivity contribution in [1.82, 2.24) is 5.32 Å². The van der Waals surface area contributed by atoms with Crippen molar-refractivity contribution in [2.45, 2.75) is 13.0 Å². The van der Waals surface area contributed by atoms with Crippen molar-refractivity contribution in [3.63, 3.8) is 0 Å². The van der Waals surface area contributed by atoms with E-state index in [2.05, 4.69) is 10.6 Å². The Hall–Kier alpha value is -3.06. The van der Waals surface area contributed by atoms with Crippen LogP contribution in [0, 0.1) is 0 Å². The standard InChI is InChI=1S/C19H19ClN2O5/c1-12(18(24)22-14-8-9-16(26-2)15(20)10-14)27-17(23)11-21-19(25)13-6-4-3-5-7-13/h3-10,12H,11H2,1-2H3,(H,21,25)(H,22,24)/t12-/m1/s1. The van der Waals surface area contributed by atoms with Gasteiger partial charge in [0.25, 0.3) is 11.8 Å². The summed E-state index contributed by atoms with van der Waals surface area (Å²) >= 11 is 6.00. The molecule has 0 bridgehead atoms. The molecule has 142 valence electrons. The first-order valence-electron chi connectivity index (χ1n) is 8.08. The van der Waals surface area contributed by atoms with Crippen LogP contribution >= 0.6 is 11.6 Å². The number of ether oxygens (including phenoxy) is 2. The molecule has 0 aliphatic heterocycles. The second-order valence-electron chi connectivity index (χ2n) is 5.52. The fourth-order valence-electron chi connectivity index (χ4n) is 2.12. The Morgan fingerprint density at radius 1 is 1.11 bits per heavy atom. The summed E-state index contributed by atoms with van der Waals surface area (Å²) < 4.78 is 10.1. The van der Waals surface area contributed by atoms with Crippen LogP contribution in [0.1, 0.15) is 17.3 Å². The molecule has 0 fully saturated rings. The predicted octanol–water partition coefficient (Wildman–Crippen LogP) is 2.65. The monoisotopic (exact) mass is 390 g/mol. The van der Waals surface area contributed by atoms with Crippen molar-refractivity contribution >= 4 is 35.1 Å². The molecule has 0 aliphatic rings. The van der Waals surface area contributed by atoms with Gasteiger partial charge in [-0.1, -0.05) is 29.8 Å². The predicted molar refractivity (Wildman–Crippen MR) is 101 cm³/mol. The number of benzene rings is 2. The molecule has 2 N–H and O–H groups in total. The molecule has 0 saturated heterocycles. The van der Waals surface area contributed by atoms with Crippen LogP contribution in [0.15, 0.2) is 48.5 Å². The third kappa shape index (κ3) is 6.00. The highest BCUT2D eigenvalue weighted by molar-refractivity contribution is 6.32. The van der Waals surface area contributed by atoms with Crippen molar-refractivity contribution in [2.24, 2.45) is 0 Å². The molecule has 27 heavy (non-hydrogen) atoms. The topological polar surface area (TPSA) is 93.7 Å². The van der Waals surface area contributed by atoms with E-state index in [0.29, 0.717) is 22.0 Å². The summed E-state index contributed by atoms with van der Waals surface area (Å²) in [6.45, 7) is 1.08. The molecule has 0 radical (unpaired) electrons. The van der Waals surface area contributed by atoms with Gasteiger partial charge < -0.3 is 20.1 Å². The first-order valence-corrected chi connectivity index (χ1v) is 8.45. The summed E-state index contributed by atoms with van der Waals surface area (Å²) in [7, 11) is 1.48. The van der Waals surface area contributed by atoms with E-state index >= 15 is 0 Å². The van der Waals surface area contributed by atoms with Gasteiger partial charge in [-0.2, -0.15) is 0 Å². The molecule has 8 heteroatoms. The highest BCUT2D eigenvalue weighted by atomic mass is 35.5. The Bertz CT molecular complexity index is 826. The average Bonchev–Trinajstić information content (AvgIpc) is 2.66. The van der Waals surface area contributed by atoms with Crippen LogP contribution in [-0.2, 0) is 14.3 Å². The van der Waals surface area contributed by atoms with Crippen molar-refractivity contribution < 1.29 is 23.9 Å². The number of methoxy groups -OCH3 is 1. The zero-order valence-electron chi connectivity index (χ0n) is 14.8. The van der Waals surface area contributed by atoms with Gasteiger partial charge in [-0.25, -0.2) is 0 Å². The van der Waals surface area contributed by atoms with Crippen LogP contribution < -0.4 is 15.4 Å². The highest BCUT2D eigenvalue weighted by Crippen LogP contribution is 2.27. The van der Waals surface area contributed by atoms with Crippen LogP contribution in [0.4, 0.5) is 5.69 Å². The summed E-state index contributed by atoms with van der Waals surface area (Å²) in [4.78, 5) is 35.8. The Balaban J connectivity index is 1.82. The molecular weight excluding hydrogens is 372 g/mol. The first-order chi connectivity index (χ1) is 12.9. The van der Waals surface area contributed by atoms with Gasteiger partial charge in [0.2, 0.25) is 0 Å². The van der Waals surface area contributed by atoms with Crippen molar-refractivity contribution in [1.29, 1.82) is 0 Å². The number of anilines is 1. The van der Waals surface area contributed by atoms with Crippen LogP contribution in [0.25, 0.3) is 0 Å². The highest BCUT2D eigenvalue weighted by Gasteiger charge is 2.19. The van der Waals surface area contributed by atoms with E-state index in [-0.39, 0.29) is 6.54 Å². The van der Waals surface area contributed by atoms with E-state index in [4.69, 9.17) is 21.1 Å². The molecular formula is C19H19ClN2O5. The Kier molecular flexibility index (Phi) is 7.19. The number of rotatable bonds is 7. The molecule has 2 aromatic rings. The lowest BCUT2D eigenvalue weighted by Crippen LogP contribution is -2.35. The zero-order chi connectivity index (χ0) is 19.8. The van der Waals surface area contributed by atoms with Gasteiger partial charge in [-0.05, 0) is 37.3 Å². The molecule has 2 amide bonds. The number of nitrogens with one attached hydrogen (secondary N) is 2. The molecule has 0 aromatic heterocycles. The summed E-state index contributed by atoms with van der Waals surface area (Å²) in [5, 5.41) is 5.36. The lowest BCUT2D eigenvalue weighted by atomic mass is 10.2. The normalized spacial score (nSPS) is 11.2. The zero-order valence-corrected chi connectivity index (χ0v) is 15.6. The largest absolute Gasteiger partial charge is 0.495 e. The fraction of sp³-hybridized carbons (Fsp3) is 0.211. The minimum absolute atomic E-state index is 0.337. The lowest BCUT2D eigenvalue weighted by molar-refractivity contribution is -0.152. The number of hydrogen-bond acceptors (Lipinski definition) is 5. The van der Waals surface area contributed by atoms with E-state index in [1.165, 1.54) is 20.1 Å². The minimum atomic E-state index is -1.05. The van der Waals surface area contributed by atoms with E-state index in [0.717, 1.165) is 0 Å². The number of carbonyl (C=O) groups excluding carboxylic acids is 3. The number of amides is 2. The fourth-order valence-corrected chi connectivity index (χ4v) is 2.38. The van der Waals surface area contributed by atoms with E-state index in [1.54, 1.807) is 42.5 Å². The third-order valence-electron chi connectivity index (χ3n) is 3.53. The van der Waals surface area contributed by atoms with Gasteiger partial charge in [0, 0.05) is 11.3 Å². The number of carbonyl (C=O) groups is 3. The summed E-state index contributed by atoms with van der Waals surface area (Å²) in [6, 6.07) is 13.2. The Labute approximate surface area is 161 Å².